The maximum absolute atomic E-state index is 11.5. The molecular formula is C9H10N2OS. The van der Waals surface area contributed by atoms with Gasteiger partial charge in [0.05, 0.1) is 0 Å². The zero-order valence-electron chi connectivity index (χ0n) is 7.06. The molecule has 0 radical (unpaired) electrons. The van der Waals surface area contributed by atoms with Gasteiger partial charge in [0.2, 0.25) is 10.2 Å². The van der Waals surface area contributed by atoms with Crippen LogP contribution in [0, 0.1) is 0 Å². The molecule has 0 bridgehead atoms. The Hall–Kier alpha value is -0.970. The largest absolute Gasteiger partial charge is 0.589 e. The molecule has 2 N–H and O–H groups in total. The van der Waals surface area contributed by atoms with E-state index in [1.165, 1.54) is 5.51 Å². The van der Waals surface area contributed by atoms with Crippen molar-refractivity contribution in [2.45, 2.75) is 6.42 Å². The van der Waals surface area contributed by atoms with Gasteiger partial charge < -0.3 is 10.3 Å². The molecule has 1 heterocycles. The highest BCUT2D eigenvalue weighted by Crippen LogP contribution is 2.29. The van der Waals surface area contributed by atoms with Gasteiger partial charge >= 0.3 is 0 Å². The first-order chi connectivity index (χ1) is 6.33. The summed E-state index contributed by atoms with van der Waals surface area (Å²) in [5.41, 5.74) is 8.81. The van der Waals surface area contributed by atoms with Gasteiger partial charge in [-0.1, -0.05) is 12.1 Å². The first-order valence-corrected chi connectivity index (χ1v) is 5.31. The van der Waals surface area contributed by atoms with Crippen molar-refractivity contribution < 1.29 is 4.55 Å². The summed E-state index contributed by atoms with van der Waals surface area (Å²) in [6.07, 6.45) is 0.762. The van der Waals surface area contributed by atoms with Gasteiger partial charge in [0, 0.05) is 5.56 Å². The minimum Gasteiger partial charge on any atom is -0.589 e. The molecule has 0 aliphatic rings. The molecule has 13 heavy (non-hydrogen) atoms. The van der Waals surface area contributed by atoms with Crippen molar-refractivity contribution in [3.63, 3.8) is 0 Å². The lowest BCUT2D eigenvalue weighted by Gasteiger charge is -1.97. The first kappa shape index (κ1) is 8.62. The summed E-state index contributed by atoms with van der Waals surface area (Å²) in [6, 6.07) is 5.75. The van der Waals surface area contributed by atoms with E-state index in [4.69, 9.17) is 5.73 Å². The van der Waals surface area contributed by atoms with Crippen LogP contribution in [0.4, 0.5) is 0 Å². The molecule has 1 aromatic carbocycles. The fourth-order valence-electron chi connectivity index (χ4n) is 1.41. The molecule has 4 heteroatoms. The smallest absolute Gasteiger partial charge is 0.229 e. The zero-order chi connectivity index (χ0) is 9.26. The average molecular weight is 194 g/mol. The molecule has 1 unspecified atom stereocenters. The highest BCUT2D eigenvalue weighted by atomic mass is 32.2. The minimum absolute atomic E-state index is 0.577. The molecule has 0 fully saturated rings. The maximum Gasteiger partial charge on any atom is 0.229 e. The second-order valence-corrected chi connectivity index (χ2v) is 4.05. The SMILES string of the molecule is NCCc1cccc2nc[s+]([O-])c12. The summed E-state index contributed by atoms with van der Waals surface area (Å²) in [6.45, 7) is 0.577. The second kappa shape index (κ2) is 3.41. The number of hydrogen-bond donors (Lipinski definition) is 1. The Labute approximate surface area is 79.0 Å². The van der Waals surface area contributed by atoms with Crippen LogP contribution in [-0.2, 0) is 6.42 Å². The molecule has 0 aliphatic heterocycles. The lowest BCUT2D eigenvalue weighted by Crippen LogP contribution is -2.02. The number of thiazole rings is 1. The molecule has 2 aromatic rings. The Morgan fingerprint density at radius 2 is 2.31 bits per heavy atom. The summed E-state index contributed by atoms with van der Waals surface area (Å²) in [5.74, 6) is 0. The molecule has 0 spiro atoms. The molecule has 0 amide bonds. The molecule has 0 aliphatic carbocycles. The van der Waals surface area contributed by atoms with Crippen molar-refractivity contribution in [1.29, 1.82) is 0 Å². The van der Waals surface area contributed by atoms with Crippen molar-refractivity contribution in [3.05, 3.63) is 29.3 Å². The number of benzene rings is 1. The van der Waals surface area contributed by atoms with Crippen LogP contribution in [0.25, 0.3) is 10.2 Å². The summed E-state index contributed by atoms with van der Waals surface area (Å²) in [4.78, 5) is 4.06. The highest BCUT2D eigenvalue weighted by molar-refractivity contribution is 7.29. The highest BCUT2D eigenvalue weighted by Gasteiger charge is 2.10. The first-order valence-electron chi connectivity index (χ1n) is 4.09. The molecule has 3 nitrogen and oxygen atoms in total. The van der Waals surface area contributed by atoms with Gasteiger partial charge in [-0.3, -0.25) is 0 Å². The van der Waals surface area contributed by atoms with Crippen molar-refractivity contribution in [2.24, 2.45) is 5.73 Å². The molecule has 68 valence electrons. The van der Waals surface area contributed by atoms with Crippen LogP contribution in [-0.4, -0.2) is 16.1 Å². The number of rotatable bonds is 2. The monoisotopic (exact) mass is 194 g/mol. The standard InChI is InChI=1S/C9H10N2OS/c10-5-4-7-2-1-3-8-9(7)13(12)6-11-8/h1-3,6H,4-5,10H2. The van der Waals surface area contributed by atoms with E-state index in [-0.39, 0.29) is 0 Å². The third-order valence-electron chi connectivity index (χ3n) is 1.98. The average Bonchev–Trinajstić information content (AvgIpc) is 2.50. The van der Waals surface area contributed by atoms with E-state index >= 15 is 0 Å². The summed E-state index contributed by atoms with van der Waals surface area (Å²) in [7, 11) is -1.06. The minimum atomic E-state index is -1.06. The molecular weight excluding hydrogens is 184 g/mol. The van der Waals surface area contributed by atoms with Crippen LogP contribution in [0.1, 0.15) is 5.56 Å². The van der Waals surface area contributed by atoms with Crippen LogP contribution in [0.15, 0.2) is 23.7 Å². The third-order valence-corrected chi connectivity index (χ3v) is 3.15. The van der Waals surface area contributed by atoms with E-state index in [1.54, 1.807) is 0 Å². The number of hydrogen-bond acceptors (Lipinski definition) is 3. The maximum atomic E-state index is 11.5. The van der Waals surface area contributed by atoms with Crippen LogP contribution in [0.2, 0.25) is 0 Å². The van der Waals surface area contributed by atoms with E-state index < -0.39 is 10.8 Å². The van der Waals surface area contributed by atoms with E-state index in [0.717, 1.165) is 22.2 Å². The Kier molecular flexibility index (Phi) is 2.26. The van der Waals surface area contributed by atoms with E-state index in [2.05, 4.69) is 4.98 Å². The predicted molar refractivity (Wildman–Crippen MR) is 53.2 cm³/mol. The van der Waals surface area contributed by atoms with Gasteiger partial charge in [0.25, 0.3) is 0 Å². The molecule has 1 aromatic heterocycles. The molecule has 2 rings (SSSR count). The van der Waals surface area contributed by atoms with Gasteiger partial charge in [-0.05, 0) is 29.8 Å². The summed E-state index contributed by atoms with van der Waals surface area (Å²) in [5, 5.41) is 0. The Morgan fingerprint density at radius 1 is 1.46 bits per heavy atom. The molecule has 1 atom stereocenters. The quantitative estimate of drug-likeness (QED) is 0.736. The Balaban J connectivity index is 2.65. The number of fused-ring (bicyclic) bond motifs is 1. The summed E-state index contributed by atoms with van der Waals surface area (Å²) >= 11 is 0. The van der Waals surface area contributed by atoms with Crippen molar-refractivity contribution in [3.8, 4) is 0 Å². The summed E-state index contributed by atoms with van der Waals surface area (Å²) < 4.78 is 12.3. The fraction of sp³-hybridized carbons (Fsp3) is 0.222. The molecule has 0 saturated carbocycles. The lowest BCUT2D eigenvalue weighted by molar-refractivity contribution is 0.599. The molecule has 0 saturated heterocycles. The zero-order valence-corrected chi connectivity index (χ0v) is 7.88. The Morgan fingerprint density at radius 3 is 3.08 bits per heavy atom. The van der Waals surface area contributed by atoms with Gasteiger partial charge in [-0.15, -0.1) is 0 Å². The van der Waals surface area contributed by atoms with Crippen LogP contribution < -0.4 is 5.73 Å². The topological polar surface area (TPSA) is 62.0 Å². The van der Waals surface area contributed by atoms with Crippen molar-refractivity contribution >= 4 is 21.0 Å². The normalized spacial score (nSPS) is 12.3. The van der Waals surface area contributed by atoms with Gasteiger partial charge in [-0.2, -0.15) is 4.98 Å². The Bertz CT molecular complexity index is 424. The van der Waals surface area contributed by atoms with Crippen LogP contribution in [0.5, 0.6) is 0 Å². The third kappa shape index (κ3) is 1.44. The van der Waals surface area contributed by atoms with Gasteiger partial charge in [0.1, 0.15) is 5.52 Å². The van der Waals surface area contributed by atoms with E-state index in [0.29, 0.717) is 6.54 Å². The van der Waals surface area contributed by atoms with Crippen LogP contribution in [0.3, 0.4) is 0 Å². The van der Waals surface area contributed by atoms with Gasteiger partial charge in [0.15, 0.2) is 0 Å². The van der Waals surface area contributed by atoms with Crippen LogP contribution >= 0.6 is 10.8 Å². The number of nitrogens with two attached hydrogens (primary N) is 1. The number of nitrogens with zero attached hydrogens (tertiary/aromatic N) is 1. The van der Waals surface area contributed by atoms with Crippen molar-refractivity contribution in [1.82, 2.24) is 4.98 Å². The van der Waals surface area contributed by atoms with E-state index in [1.807, 2.05) is 18.2 Å². The predicted octanol–water partition coefficient (Wildman–Crippen LogP) is 1.46. The second-order valence-electron chi connectivity index (χ2n) is 2.84. The van der Waals surface area contributed by atoms with Crippen molar-refractivity contribution in [2.75, 3.05) is 6.54 Å². The van der Waals surface area contributed by atoms with Gasteiger partial charge in [-0.25, -0.2) is 0 Å². The number of aromatic nitrogens is 1. The van der Waals surface area contributed by atoms with E-state index in [9.17, 15) is 4.55 Å². The lowest BCUT2D eigenvalue weighted by atomic mass is 10.1. The fourth-order valence-corrected chi connectivity index (χ4v) is 2.49.